The van der Waals surface area contributed by atoms with Gasteiger partial charge >= 0.3 is 0 Å². The Bertz CT molecular complexity index is 654. The van der Waals surface area contributed by atoms with Crippen LogP contribution in [0, 0.1) is 5.41 Å². The first-order valence-corrected chi connectivity index (χ1v) is 8.67. The van der Waals surface area contributed by atoms with Crippen molar-refractivity contribution in [3.63, 3.8) is 0 Å². The quantitative estimate of drug-likeness (QED) is 0.859. The van der Waals surface area contributed by atoms with Crippen molar-refractivity contribution in [3.8, 4) is 5.75 Å². The molecular weight excluding hydrogens is 371 g/mol. The van der Waals surface area contributed by atoms with E-state index >= 15 is 0 Å². The van der Waals surface area contributed by atoms with E-state index < -0.39 is 10.0 Å². The number of methoxy groups -OCH3 is 1. The molecule has 1 aromatic carbocycles. The summed E-state index contributed by atoms with van der Waals surface area (Å²) in [6.45, 7) is 3.23. The summed E-state index contributed by atoms with van der Waals surface area (Å²) in [7, 11) is -2.25. The zero-order valence-corrected chi connectivity index (χ0v) is 15.4. The highest BCUT2D eigenvalue weighted by molar-refractivity contribution is 7.89. The second-order valence-corrected chi connectivity index (χ2v) is 8.16. The van der Waals surface area contributed by atoms with Crippen molar-refractivity contribution >= 4 is 45.6 Å². The molecule has 1 aromatic rings. The van der Waals surface area contributed by atoms with E-state index in [1.807, 2.05) is 6.92 Å². The minimum absolute atomic E-state index is 0. The van der Waals surface area contributed by atoms with Gasteiger partial charge in [-0.1, -0.05) is 30.1 Å². The van der Waals surface area contributed by atoms with Crippen molar-refractivity contribution in [2.45, 2.75) is 18.2 Å². The van der Waals surface area contributed by atoms with E-state index in [1.165, 1.54) is 23.5 Å². The summed E-state index contributed by atoms with van der Waals surface area (Å²) >= 11 is 12.1. The summed E-state index contributed by atoms with van der Waals surface area (Å²) < 4.78 is 31.9. The molecular formula is C13H19Cl3N2O3S. The van der Waals surface area contributed by atoms with Gasteiger partial charge in [0, 0.05) is 13.1 Å². The highest BCUT2D eigenvalue weighted by atomic mass is 35.5. The molecule has 22 heavy (non-hydrogen) atoms. The number of hydrogen-bond donors (Lipinski definition) is 1. The summed E-state index contributed by atoms with van der Waals surface area (Å²) in [5, 5.41) is 0.0818. The molecule has 1 aliphatic heterocycles. The molecule has 0 spiro atoms. The summed E-state index contributed by atoms with van der Waals surface area (Å²) in [4.78, 5) is -0.00348. The average Bonchev–Trinajstić information content (AvgIpc) is 2.85. The fourth-order valence-electron chi connectivity index (χ4n) is 2.36. The first-order chi connectivity index (χ1) is 9.75. The largest absolute Gasteiger partial charge is 0.495 e. The Morgan fingerprint density at radius 1 is 1.36 bits per heavy atom. The van der Waals surface area contributed by atoms with Gasteiger partial charge in [0.1, 0.15) is 15.7 Å². The first-order valence-electron chi connectivity index (χ1n) is 6.47. The van der Waals surface area contributed by atoms with E-state index in [0.717, 1.165) is 6.42 Å². The highest BCUT2D eigenvalue weighted by Gasteiger charge is 2.40. The normalized spacial score (nSPS) is 22.4. The number of sulfonamides is 1. The molecule has 1 fully saturated rings. The Labute approximate surface area is 147 Å². The van der Waals surface area contributed by atoms with E-state index in [1.54, 1.807) is 0 Å². The molecule has 1 atom stereocenters. The van der Waals surface area contributed by atoms with Crippen molar-refractivity contribution in [2.24, 2.45) is 11.1 Å². The van der Waals surface area contributed by atoms with Crippen molar-refractivity contribution in [1.82, 2.24) is 4.31 Å². The molecule has 1 unspecified atom stereocenters. The van der Waals surface area contributed by atoms with Crippen LogP contribution in [0.5, 0.6) is 5.75 Å². The minimum atomic E-state index is -3.69. The number of benzene rings is 1. The van der Waals surface area contributed by atoms with Crippen LogP contribution in [0.25, 0.3) is 0 Å². The zero-order chi connectivity index (χ0) is 15.8. The van der Waals surface area contributed by atoms with Crippen LogP contribution in [0.1, 0.15) is 13.3 Å². The van der Waals surface area contributed by atoms with Gasteiger partial charge in [0.2, 0.25) is 10.0 Å². The lowest BCUT2D eigenvalue weighted by atomic mass is 9.90. The van der Waals surface area contributed by atoms with Crippen molar-refractivity contribution < 1.29 is 13.2 Å². The molecule has 0 aromatic heterocycles. The van der Waals surface area contributed by atoms with Gasteiger partial charge in [0.25, 0.3) is 0 Å². The standard InChI is InChI=1S/C13H18Cl2N2O3S.ClH/c1-13(7-16)5-6-17(8-13)21(18,19)10-4-3-9(20-2)11(14)12(10)15;/h3-4H,5-8,16H2,1-2H3;1H. The fraction of sp³-hybridized carbons (Fsp3) is 0.538. The lowest BCUT2D eigenvalue weighted by Gasteiger charge is -2.23. The lowest BCUT2D eigenvalue weighted by Crippen LogP contribution is -2.34. The van der Waals surface area contributed by atoms with E-state index in [9.17, 15) is 8.42 Å². The summed E-state index contributed by atoms with van der Waals surface area (Å²) in [6.07, 6.45) is 0.726. The molecule has 2 rings (SSSR count). The van der Waals surface area contributed by atoms with Crippen LogP contribution in [-0.2, 0) is 10.0 Å². The van der Waals surface area contributed by atoms with Crippen molar-refractivity contribution in [2.75, 3.05) is 26.7 Å². The van der Waals surface area contributed by atoms with Crippen molar-refractivity contribution in [3.05, 3.63) is 22.2 Å². The van der Waals surface area contributed by atoms with Crippen LogP contribution in [0.4, 0.5) is 0 Å². The Hall–Kier alpha value is -0.240. The maximum Gasteiger partial charge on any atom is 0.244 e. The molecule has 0 radical (unpaired) electrons. The van der Waals surface area contributed by atoms with E-state index in [4.69, 9.17) is 33.7 Å². The molecule has 126 valence electrons. The number of ether oxygens (including phenoxy) is 1. The third-order valence-corrected chi connectivity index (χ3v) is 6.73. The summed E-state index contributed by atoms with van der Waals surface area (Å²) in [6, 6.07) is 2.92. The Morgan fingerprint density at radius 2 is 2.00 bits per heavy atom. The van der Waals surface area contributed by atoms with Gasteiger partial charge < -0.3 is 10.5 Å². The first kappa shape index (κ1) is 19.8. The van der Waals surface area contributed by atoms with Crippen LogP contribution in [0.2, 0.25) is 10.0 Å². The average molecular weight is 390 g/mol. The molecule has 5 nitrogen and oxygen atoms in total. The second-order valence-electron chi connectivity index (χ2n) is 5.50. The predicted molar refractivity (Wildman–Crippen MR) is 90.8 cm³/mol. The Kier molecular flexibility index (Phi) is 6.40. The molecule has 1 heterocycles. The van der Waals surface area contributed by atoms with E-state index in [0.29, 0.717) is 25.4 Å². The number of nitrogens with two attached hydrogens (primary N) is 1. The molecule has 1 aliphatic rings. The Balaban J connectivity index is 0.00000242. The topological polar surface area (TPSA) is 72.6 Å². The Morgan fingerprint density at radius 3 is 2.50 bits per heavy atom. The minimum Gasteiger partial charge on any atom is -0.495 e. The third kappa shape index (κ3) is 3.47. The van der Waals surface area contributed by atoms with E-state index in [-0.39, 0.29) is 32.8 Å². The zero-order valence-electron chi connectivity index (χ0n) is 12.3. The predicted octanol–water partition coefficient (Wildman–Crippen LogP) is 2.78. The number of hydrogen-bond acceptors (Lipinski definition) is 4. The van der Waals surface area contributed by atoms with Gasteiger partial charge in [-0.3, -0.25) is 0 Å². The van der Waals surface area contributed by atoms with Gasteiger partial charge in [0.05, 0.1) is 12.1 Å². The smallest absolute Gasteiger partial charge is 0.244 e. The molecule has 0 amide bonds. The maximum atomic E-state index is 12.7. The molecule has 9 heteroatoms. The highest BCUT2D eigenvalue weighted by Crippen LogP contribution is 2.39. The van der Waals surface area contributed by atoms with Crippen molar-refractivity contribution in [1.29, 1.82) is 0 Å². The summed E-state index contributed by atoms with van der Waals surface area (Å²) in [5.41, 5.74) is 5.52. The van der Waals surface area contributed by atoms with Crippen LogP contribution in [0.15, 0.2) is 17.0 Å². The van der Waals surface area contributed by atoms with Gasteiger partial charge in [-0.25, -0.2) is 8.42 Å². The lowest BCUT2D eigenvalue weighted by molar-refractivity contribution is 0.349. The van der Waals surface area contributed by atoms with Crippen LogP contribution in [-0.4, -0.2) is 39.5 Å². The molecule has 0 bridgehead atoms. The van der Waals surface area contributed by atoms with Crippen LogP contribution >= 0.6 is 35.6 Å². The number of halogens is 3. The molecule has 1 saturated heterocycles. The summed E-state index contributed by atoms with van der Waals surface area (Å²) in [5.74, 6) is 0.342. The van der Waals surface area contributed by atoms with Gasteiger partial charge in [-0.15, -0.1) is 12.4 Å². The molecule has 2 N–H and O–H groups in total. The monoisotopic (exact) mass is 388 g/mol. The van der Waals surface area contributed by atoms with Gasteiger partial charge in [-0.05, 0) is 30.5 Å². The third-order valence-electron chi connectivity index (χ3n) is 3.86. The van der Waals surface area contributed by atoms with Gasteiger partial charge in [-0.2, -0.15) is 4.31 Å². The SMILES string of the molecule is COc1ccc(S(=O)(=O)N2CCC(C)(CN)C2)c(Cl)c1Cl.Cl. The van der Waals surface area contributed by atoms with E-state index in [2.05, 4.69) is 0 Å². The van der Waals surface area contributed by atoms with Crippen LogP contribution < -0.4 is 10.5 Å². The van der Waals surface area contributed by atoms with Crippen LogP contribution in [0.3, 0.4) is 0 Å². The maximum absolute atomic E-state index is 12.7. The molecule has 0 aliphatic carbocycles. The van der Waals surface area contributed by atoms with Gasteiger partial charge in [0.15, 0.2) is 0 Å². The molecule has 0 saturated carbocycles. The second kappa shape index (κ2) is 7.11. The number of nitrogens with zero attached hydrogens (tertiary/aromatic N) is 1. The number of rotatable bonds is 4. The fourth-order valence-corrected chi connectivity index (χ4v) is 4.77.